The van der Waals surface area contributed by atoms with E-state index in [4.69, 9.17) is 9.79 Å². The Morgan fingerprint density at radius 3 is 2.12 bits per heavy atom. The standard InChI is InChI=1S/C4H10O3P/c1-3-4(2)8(5,6)7/h4H,2-3H2,1H3,(H2,5,6,7). The molecule has 0 spiro atoms. The van der Waals surface area contributed by atoms with Gasteiger partial charge in [0, 0.05) is 0 Å². The Balaban J connectivity index is 3.82. The van der Waals surface area contributed by atoms with Crippen molar-refractivity contribution in [1.29, 1.82) is 0 Å². The Hall–Kier alpha value is 0.150. The van der Waals surface area contributed by atoms with E-state index in [0.29, 0.717) is 6.42 Å². The number of rotatable bonds is 2. The van der Waals surface area contributed by atoms with Gasteiger partial charge in [0.2, 0.25) is 0 Å². The topological polar surface area (TPSA) is 57.5 Å². The summed E-state index contributed by atoms with van der Waals surface area (Å²) in [5.74, 6) is 0. The van der Waals surface area contributed by atoms with Crippen LogP contribution in [0.4, 0.5) is 0 Å². The van der Waals surface area contributed by atoms with Gasteiger partial charge in [0.1, 0.15) is 0 Å². The first kappa shape index (κ1) is 8.15. The molecule has 0 heterocycles. The largest absolute Gasteiger partial charge is 0.328 e. The van der Waals surface area contributed by atoms with Crippen molar-refractivity contribution < 1.29 is 14.4 Å². The van der Waals surface area contributed by atoms with Gasteiger partial charge in [-0.15, -0.1) is 0 Å². The molecule has 1 unspecified atom stereocenters. The minimum Gasteiger partial charge on any atom is -0.324 e. The third kappa shape index (κ3) is 2.46. The van der Waals surface area contributed by atoms with Crippen LogP contribution in [0.5, 0.6) is 0 Å². The first-order valence-corrected chi connectivity index (χ1v) is 4.05. The molecule has 0 aromatic heterocycles. The molecular weight excluding hydrogens is 127 g/mol. The van der Waals surface area contributed by atoms with E-state index in [1.807, 2.05) is 0 Å². The van der Waals surface area contributed by atoms with Gasteiger partial charge in [-0.2, -0.15) is 0 Å². The molecule has 0 rings (SSSR count). The Morgan fingerprint density at radius 1 is 1.75 bits per heavy atom. The van der Waals surface area contributed by atoms with Crippen molar-refractivity contribution in [3.8, 4) is 0 Å². The average Bonchev–Trinajstić information content (AvgIpc) is 1.62. The van der Waals surface area contributed by atoms with Gasteiger partial charge < -0.3 is 9.79 Å². The van der Waals surface area contributed by atoms with E-state index in [0.717, 1.165) is 0 Å². The van der Waals surface area contributed by atoms with Gasteiger partial charge in [-0.05, 0) is 13.3 Å². The summed E-state index contributed by atoms with van der Waals surface area (Å²) < 4.78 is 10.2. The normalized spacial score (nSPS) is 16.0. The summed E-state index contributed by atoms with van der Waals surface area (Å²) in [7, 11) is -3.87. The molecule has 0 saturated carbocycles. The molecule has 0 aliphatic heterocycles. The first-order chi connectivity index (χ1) is 3.48. The highest BCUT2D eigenvalue weighted by atomic mass is 31.2. The fourth-order valence-electron chi connectivity index (χ4n) is 0.238. The predicted molar refractivity (Wildman–Crippen MR) is 31.5 cm³/mol. The van der Waals surface area contributed by atoms with E-state index < -0.39 is 13.3 Å². The van der Waals surface area contributed by atoms with E-state index >= 15 is 0 Å². The van der Waals surface area contributed by atoms with Gasteiger partial charge in [-0.1, -0.05) is 6.92 Å². The summed E-state index contributed by atoms with van der Waals surface area (Å²) in [6.45, 7) is 4.96. The molecule has 1 atom stereocenters. The zero-order chi connectivity index (χ0) is 6.78. The number of hydrogen-bond donors (Lipinski definition) is 2. The van der Waals surface area contributed by atoms with Gasteiger partial charge in [0.15, 0.2) is 0 Å². The van der Waals surface area contributed by atoms with Gasteiger partial charge in [-0.3, -0.25) is 4.57 Å². The SMILES string of the molecule is [CH2]C(CC)P(=O)(O)O. The van der Waals surface area contributed by atoms with E-state index in [2.05, 4.69) is 6.92 Å². The van der Waals surface area contributed by atoms with Crippen LogP contribution in [0.1, 0.15) is 13.3 Å². The number of hydrogen-bond acceptors (Lipinski definition) is 1. The second-order valence-electron chi connectivity index (χ2n) is 1.65. The first-order valence-electron chi connectivity index (χ1n) is 2.36. The maximum absolute atomic E-state index is 10.2. The summed E-state index contributed by atoms with van der Waals surface area (Å²) in [5.41, 5.74) is -0.734. The summed E-state index contributed by atoms with van der Waals surface area (Å²) in [4.78, 5) is 16.7. The zero-order valence-electron chi connectivity index (χ0n) is 4.74. The maximum Gasteiger partial charge on any atom is 0.328 e. The lowest BCUT2D eigenvalue weighted by Crippen LogP contribution is -1.99. The van der Waals surface area contributed by atoms with Crippen molar-refractivity contribution in [2.75, 3.05) is 0 Å². The Morgan fingerprint density at radius 2 is 2.12 bits per heavy atom. The van der Waals surface area contributed by atoms with Crippen molar-refractivity contribution in [3.63, 3.8) is 0 Å². The molecule has 0 aliphatic rings. The smallest absolute Gasteiger partial charge is 0.324 e. The van der Waals surface area contributed by atoms with Crippen LogP contribution < -0.4 is 0 Å². The van der Waals surface area contributed by atoms with Crippen LogP contribution >= 0.6 is 7.60 Å². The van der Waals surface area contributed by atoms with Crippen molar-refractivity contribution in [2.45, 2.75) is 19.0 Å². The summed E-state index contributed by atoms with van der Waals surface area (Å²) in [5, 5.41) is 0. The molecule has 3 nitrogen and oxygen atoms in total. The molecule has 0 bridgehead atoms. The molecule has 2 N–H and O–H groups in total. The summed E-state index contributed by atoms with van der Waals surface area (Å²) in [6, 6.07) is 0. The Labute approximate surface area is 48.9 Å². The lowest BCUT2D eigenvalue weighted by atomic mass is 10.4. The van der Waals surface area contributed by atoms with Crippen LogP contribution in [0.25, 0.3) is 0 Å². The lowest BCUT2D eigenvalue weighted by Gasteiger charge is -2.08. The summed E-state index contributed by atoms with van der Waals surface area (Å²) >= 11 is 0. The molecule has 0 amide bonds. The highest BCUT2D eigenvalue weighted by molar-refractivity contribution is 7.52. The van der Waals surface area contributed by atoms with Crippen LogP contribution in [0.15, 0.2) is 0 Å². The third-order valence-electron chi connectivity index (χ3n) is 0.947. The molecular formula is C4H10O3P. The van der Waals surface area contributed by atoms with Crippen molar-refractivity contribution in [1.82, 2.24) is 0 Å². The van der Waals surface area contributed by atoms with Crippen LogP contribution in [-0.2, 0) is 4.57 Å². The van der Waals surface area contributed by atoms with Gasteiger partial charge in [0.25, 0.3) is 0 Å². The van der Waals surface area contributed by atoms with E-state index in [-0.39, 0.29) is 0 Å². The van der Waals surface area contributed by atoms with Crippen LogP contribution in [-0.4, -0.2) is 15.4 Å². The molecule has 0 aromatic carbocycles. The molecule has 0 fully saturated rings. The van der Waals surface area contributed by atoms with Gasteiger partial charge >= 0.3 is 7.60 Å². The van der Waals surface area contributed by atoms with E-state index in [1.54, 1.807) is 6.92 Å². The predicted octanol–water partition coefficient (Wildman–Crippen LogP) is 0.777. The van der Waals surface area contributed by atoms with Crippen molar-refractivity contribution in [3.05, 3.63) is 6.92 Å². The van der Waals surface area contributed by atoms with Crippen molar-refractivity contribution in [2.24, 2.45) is 0 Å². The fraction of sp³-hybridized carbons (Fsp3) is 0.750. The van der Waals surface area contributed by atoms with E-state index in [1.165, 1.54) is 0 Å². The summed E-state index contributed by atoms with van der Waals surface area (Å²) in [6.07, 6.45) is 0.421. The maximum atomic E-state index is 10.2. The van der Waals surface area contributed by atoms with Crippen molar-refractivity contribution >= 4 is 7.60 Å². The molecule has 0 saturated heterocycles. The molecule has 1 radical (unpaired) electrons. The third-order valence-corrected chi connectivity index (χ3v) is 2.26. The molecule has 49 valence electrons. The monoisotopic (exact) mass is 137 g/mol. The van der Waals surface area contributed by atoms with Crippen LogP contribution in [0.3, 0.4) is 0 Å². The zero-order valence-corrected chi connectivity index (χ0v) is 5.64. The lowest BCUT2D eigenvalue weighted by molar-refractivity contribution is 0.363. The Kier molecular flexibility index (Phi) is 2.67. The Bertz CT molecular complexity index is 106. The van der Waals surface area contributed by atoms with Crippen LogP contribution in [0.2, 0.25) is 0 Å². The second kappa shape index (κ2) is 2.62. The minimum absolute atomic E-state index is 0.421. The fourth-order valence-corrected chi connectivity index (χ4v) is 0.714. The van der Waals surface area contributed by atoms with Gasteiger partial charge in [0.05, 0.1) is 5.66 Å². The van der Waals surface area contributed by atoms with E-state index in [9.17, 15) is 4.57 Å². The second-order valence-corrected chi connectivity index (χ2v) is 3.56. The average molecular weight is 137 g/mol. The van der Waals surface area contributed by atoms with Crippen LogP contribution in [0, 0.1) is 6.92 Å². The highest BCUT2D eigenvalue weighted by Crippen LogP contribution is 2.41. The molecule has 0 aliphatic carbocycles. The molecule has 4 heteroatoms. The highest BCUT2D eigenvalue weighted by Gasteiger charge is 2.20. The molecule has 0 aromatic rings. The van der Waals surface area contributed by atoms with Gasteiger partial charge in [-0.25, -0.2) is 0 Å². The quantitative estimate of drug-likeness (QED) is 0.553. The minimum atomic E-state index is -3.87. The molecule has 8 heavy (non-hydrogen) atoms.